The van der Waals surface area contributed by atoms with Crippen LogP contribution in [-0.2, 0) is 6.42 Å². The Labute approximate surface area is 117 Å². The highest BCUT2D eigenvalue weighted by molar-refractivity contribution is 5.89. The van der Waals surface area contributed by atoms with Gasteiger partial charge in [0.1, 0.15) is 11.6 Å². The minimum Gasteiger partial charge on any atom is -0.469 e. The Balaban J connectivity index is 1.76. The largest absolute Gasteiger partial charge is 0.469 e. The lowest BCUT2D eigenvalue weighted by molar-refractivity contribution is 0.248. The molecule has 20 heavy (non-hydrogen) atoms. The second-order valence-electron chi connectivity index (χ2n) is 4.63. The average Bonchev–Trinajstić information content (AvgIpc) is 2.89. The normalized spacial score (nSPS) is 11.9. The van der Waals surface area contributed by atoms with Crippen molar-refractivity contribution in [3.8, 4) is 0 Å². The maximum absolute atomic E-state index is 13.0. The average molecular weight is 276 g/mol. The highest BCUT2D eigenvalue weighted by atomic mass is 19.1. The standard InChI is InChI=1S/C15H17FN2O2/c1-11(7-8-14-6-3-9-20-14)17-15(19)18-13-5-2-4-12(16)10-13/h2-6,9-11H,7-8H2,1H3,(H2,17,18,19)/t11-/m1/s1. The number of hydrogen-bond donors (Lipinski definition) is 2. The van der Waals surface area contributed by atoms with E-state index in [0.29, 0.717) is 5.69 Å². The zero-order chi connectivity index (χ0) is 14.4. The summed E-state index contributed by atoms with van der Waals surface area (Å²) in [6.07, 6.45) is 3.16. The van der Waals surface area contributed by atoms with E-state index in [0.717, 1.165) is 18.6 Å². The molecule has 0 bridgehead atoms. The fraction of sp³-hybridized carbons (Fsp3) is 0.267. The Kier molecular flexibility index (Phi) is 4.76. The molecule has 2 amide bonds. The highest BCUT2D eigenvalue weighted by Crippen LogP contribution is 2.09. The number of aryl methyl sites for hydroxylation is 1. The maximum Gasteiger partial charge on any atom is 0.319 e. The second-order valence-corrected chi connectivity index (χ2v) is 4.63. The Morgan fingerprint density at radius 2 is 2.20 bits per heavy atom. The molecule has 4 nitrogen and oxygen atoms in total. The minimum atomic E-state index is -0.381. The summed E-state index contributed by atoms with van der Waals surface area (Å²) < 4.78 is 18.2. The molecule has 1 heterocycles. The Hall–Kier alpha value is -2.30. The number of anilines is 1. The molecule has 1 aromatic heterocycles. The van der Waals surface area contributed by atoms with Crippen molar-refractivity contribution in [1.29, 1.82) is 0 Å². The summed E-state index contributed by atoms with van der Waals surface area (Å²) in [4.78, 5) is 11.7. The van der Waals surface area contributed by atoms with Gasteiger partial charge in [-0.25, -0.2) is 9.18 Å². The van der Waals surface area contributed by atoms with E-state index in [4.69, 9.17) is 4.42 Å². The number of halogens is 1. The van der Waals surface area contributed by atoms with Crippen molar-refractivity contribution in [2.45, 2.75) is 25.8 Å². The summed E-state index contributed by atoms with van der Waals surface area (Å²) >= 11 is 0. The molecule has 0 aliphatic rings. The minimum absolute atomic E-state index is 0.00587. The Bertz CT molecular complexity index is 555. The Morgan fingerprint density at radius 1 is 1.35 bits per heavy atom. The lowest BCUT2D eigenvalue weighted by Gasteiger charge is -2.14. The first-order valence-corrected chi connectivity index (χ1v) is 6.49. The van der Waals surface area contributed by atoms with Crippen LogP contribution in [0.5, 0.6) is 0 Å². The molecule has 0 aliphatic heterocycles. The van der Waals surface area contributed by atoms with Crippen molar-refractivity contribution in [2.24, 2.45) is 0 Å². The molecule has 1 atom stereocenters. The molecule has 0 saturated heterocycles. The lowest BCUT2D eigenvalue weighted by Crippen LogP contribution is -2.36. The number of furan rings is 1. The zero-order valence-corrected chi connectivity index (χ0v) is 11.2. The second kappa shape index (κ2) is 6.75. The van der Waals surface area contributed by atoms with E-state index in [2.05, 4.69) is 10.6 Å². The van der Waals surface area contributed by atoms with Crippen LogP contribution in [0.4, 0.5) is 14.9 Å². The summed E-state index contributed by atoms with van der Waals surface area (Å²) in [6, 6.07) is 9.17. The van der Waals surface area contributed by atoms with E-state index in [1.807, 2.05) is 19.1 Å². The van der Waals surface area contributed by atoms with Crippen LogP contribution in [-0.4, -0.2) is 12.1 Å². The van der Waals surface area contributed by atoms with Crippen LogP contribution in [0.15, 0.2) is 47.1 Å². The van der Waals surface area contributed by atoms with Gasteiger partial charge in [0.05, 0.1) is 6.26 Å². The number of hydrogen-bond acceptors (Lipinski definition) is 2. The van der Waals surface area contributed by atoms with E-state index in [-0.39, 0.29) is 17.9 Å². The third-order valence-corrected chi connectivity index (χ3v) is 2.86. The molecule has 2 N–H and O–H groups in total. The predicted octanol–water partition coefficient (Wildman–Crippen LogP) is 3.56. The van der Waals surface area contributed by atoms with Gasteiger partial charge in [-0.1, -0.05) is 6.07 Å². The van der Waals surface area contributed by atoms with E-state index < -0.39 is 0 Å². The molecule has 0 saturated carbocycles. The Morgan fingerprint density at radius 3 is 2.90 bits per heavy atom. The fourth-order valence-electron chi connectivity index (χ4n) is 1.84. The maximum atomic E-state index is 13.0. The first-order chi connectivity index (χ1) is 9.63. The molecule has 1 aromatic carbocycles. The van der Waals surface area contributed by atoms with Crippen LogP contribution in [0.1, 0.15) is 19.1 Å². The summed E-state index contributed by atoms with van der Waals surface area (Å²) in [6.45, 7) is 1.91. The van der Waals surface area contributed by atoms with Crippen LogP contribution >= 0.6 is 0 Å². The summed E-state index contributed by atoms with van der Waals surface area (Å²) in [5.41, 5.74) is 0.431. The lowest BCUT2D eigenvalue weighted by atomic mass is 10.1. The van der Waals surface area contributed by atoms with Gasteiger partial charge in [-0.3, -0.25) is 0 Å². The number of benzene rings is 1. The molecule has 5 heteroatoms. The van der Waals surface area contributed by atoms with Crippen molar-refractivity contribution in [3.05, 3.63) is 54.2 Å². The SMILES string of the molecule is C[C@H](CCc1ccco1)NC(=O)Nc1cccc(F)c1. The van der Waals surface area contributed by atoms with Crippen molar-refractivity contribution in [1.82, 2.24) is 5.32 Å². The topological polar surface area (TPSA) is 54.3 Å². The van der Waals surface area contributed by atoms with Gasteiger partial charge >= 0.3 is 6.03 Å². The van der Waals surface area contributed by atoms with Gasteiger partial charge in [0.25, 0.3) is 0 Å². The summed E-state index contributed by atoms with van der Waals surface area (Å²) in [5.74, 6) is 0.512. The van der Waals surface area contributed by atoms with Crippen LogP contribution < -0.4 is 10.6 Å². The number of urea groups is 1. The smallest absolute Gasteiger partial charge is 0.319 e. The molecule has 0 radical (unpaired) electrons. The van der Waals surface area contributed by atoms with E-state index in [1.54, 1.807) is 18.4 Å². The van der Waals surface area contributed by atoms with Gasteiger partial charge in [-0.05, 0) is 43.7 Å². The van der Waals surface area contributed by atoms with E-state index in [1.165, 1.54) is 12.1 Å². The van der Waals surface area contributed by atoms with E-state index >= 15 is 0 Å². The third kappa shape index (κ3) is 4.42. The van der Waals surface area contributed by atoms with Crippen LogP contribution in [0.3, 0.4) is 0 Å². The first-order valence-electron chi connectivity index (χ1n) is 6.49. The van der Waals surface area contributed by atoms with Gasteiger partial charge in [-0.2, -0.15) is 0 Å². The molecule has 0 aliphatic carbocycles. The van der Waals surface area contributed by atoms with Gasteiger partial charge in [-0.15, -0.1) is 0 Å². The molecule has 0 fully saturated rings. The van der Waals surface area contributed by atoms with Crippen LogP contribution in [0, 0.1) is 5.82 Å². The van der Waals surface area contributed by atoms with Gasteiger partial charge in [0.15, 0.2) is 0 Å². The molecule has 0 unspecified atom stereocenters. The van der Waals surface area contributed by atoms with Crippen molar-refractivity contribution >= 4 is 11.7 Å². The monoisotopic (exact) mass is 276 g/mol. The number of amides is 2. The number of carbonyl (C=O) groups is 1. The number of nitrogens with one attached hydrogen (secondary N) is 2. The quantitative estimate of drug-likeness (QED) is 0.877. The summed E-state index contributed by atoms with van der Waals surface area (Å²) in [5, 5.41) is 5.39. The molecule has 106 valence electrons. The fourth-order valence-corrected chi connectivity index (χ4v) is 1.84. The van der Waals surface area contributed by atoms with Gasteiger partial charge in [0, 0.05) is 18.2 Å². The van der Waals surface area contributed by atoms with Crippen molar-refractivity contribution < 1.29 is 13.6 Å². The van der Waals surface area contributed by atoms with Gasteiger partial charge < -0.3 is 15.1 Å². The first kappa shape index (κ1) is 14.1. The number of carbonyl (C=O) groups excluding carboxylic acids is 1. The molecular formula is C15H17FN2O2. The van der Waals surface area contributed by atoms with Crippen LogP contribution in [0.2, 0.25) is 0 Å². The predicted molar refractivity (Wildman–Crippen MR) is 75.0 cm³/mol. The highest BCUT2D eigenvalue weighted by Gasteiger charge is 2.08. The van der Waals surface area contributed by atoms with Crippen molar-refractivity contribution in [3.63, 3.8) is 0 Å². The zero-order valence-electron chi connectivity index (χ0n) is 11.2. The molecule has 2 aromatic rings. The summed E-state index contributed by atoms with van der Waals surface area (Å²) in [7, 11) is 0. The number of rotatable bonds is 5. The van der Waals surface area contributed by atoms with Crippen molar-refractivity contribution in [2.75, 3.05) is 5.32 Å². The molecular weight excluding hydrogens is 259 g/mol. The van der Waals surface area contributed by atoms with E-state index in [9.17, 15) is 9.18 Å². The molecule has 2 rings (SSSR count). The third-order valence-electron chi connectivity index (χ3n) is 2.86. The van der Waals surface area contributed by atoms with Gasteiger partial charge in [0.2, 0.25) is 0 Å². The molecule has 0 spiro atoms. The van der Waals surface area contributed by atoms with Crippen LogP contribution in [0.25, 0.3) is 0 Å².